The van der Waals surface area contributed by atoms with E-state index >= 15 is 0 Å². The van der Waals surface area contributed by atoms with Crippen LogP contribution in [0, 0.1) is 5.92 Å². The van der Waals surface area contributed by atoms with Crippen LogP contribution in [0.3, 0.4) is 0 Å². The fourth-order valence-corrected chi connectivity index (χ4v) is 4.10. The maximum Gasteiger partial charge on any atom is 0.251 e. The van der Waals surface area contributed by atoms with Crippen molar-refractivity contribution in [2.45, 2.75) is 44.3 Å². The van der Waals surface area contributed by atoms with Crippen LogP contribution in [0.15, 0.2) is 59.8 Å². The molecule has 1 N–H and O–H groups in total. The van der Waals surface area contributed by atoms with Gasteiger partial charge in [-0.2, -0.15) is 0 Å². The van der Waals surface area contributed by atoms with Crippen LogP contribution in [-0.2, 0) is 12.3 Å². The number of halogens is 1. The van der Waals surface area contributed by atoms with Crippen molar-refractivity contribution in [1.82, 2.24) is 20.1 Å². The van der Waals surface area contributed by atoms with Gasteiger partial charge in [-0.1, -0.05) is 67.5 Å². The first-order valence-electron chi connectivity index (χ1n) is 9.65. The quantitative estimate of drug-likeness (QED) is 0.490. The molecule has 1 aromatic heterocycles. The number of benzene rings is 2. The second kappa shape index (κ2) is 9.94. The summed E-state index contributed by atoms with van der Waals surface area (Å²) in [5.41, 5.74) is 1.81. The van der Waals surface area contributed by atoms with Gasteiger partial charge in [0.05, 0.1) is 6.04 Å². The second-order valence-electron chi connectivity index (χ2n) is 7.06. The molecule has 29 heavy (non-hydrogen) atoms. The van der Waals surface area contributed by atoms with Gasteiger partial charge < -0.3 is 9.88 Å². The van der Waals surface area contributed by atoms with E-state index in [4.69, 9.17) is 11.6 Å². The summed E-state index contributed by atoms with van der Waals surface area (Å²) in [6.45, 7) is 6.95. The highest BCUT2D eigenvalue weighted by Crippen LogP contribution is 2.27. The average Bonchev–Trinajstić information content (AvgIpc) is 3.14. The number of carbonyl (C=O) groups is 1. The van der Waals surface area contributed by atoms with Crippen LogP contribution in [0.2, 0.25) is 5.02 Å². The molecule has 3 rings (SSSR count). The SMILES string of the molecule is CCn1c(SCc2ccc(Cl)cc2)nnc1C(NC(=O)c1ccccc1)C(C)C. The summed E-state index contributed by atoms with van der Waals surface area (Å²) in [5, 5.41) is 13.5. The highest BCUT2D eigenvalue weighted by atomic mass is 35.5. The molecule has 1 atom stereocenters. The van der Waals surface area contributed by atoms with Gasteiger partial charge in [-0.25, -0.2) is 0 Å². The minimum atomic E-state index is -0.222. The Morgan fingerprint density at radius 2 is 1.79 bits per heavy atom. The molecule has 1 unspecified atom stereocenters. The molecule has 152 valence electrons. The van der Waals surface area contributed by atoms with Gasteiger partial charge in [-0.15, -0.1) is 10.2 Å². The summed E-state index contributed by atoms with van der Waals surface area (Å²) in [6.07, 6.45) is 0. The van der Waals surface area contributed by atoms with Crippen molar-refractivity contribution in [3.8, 4) is 0 Å². The lowest BCUT2D eigenvalue weighted by atomic mass is 10.0. The van der Waals surface area contributed by atoms with Gasteiger partial charge in [-0.3, -0.25) is 4.79 Å². The first-order valence-corrected chi connectivity index (χ1v) is 11.0. The summed E-state index contributed by atoms with van der Waals surface area (Å²) in [5.74, 6) is 1.62. The van der Waals surface area contributed by atoms with Gasteiger partial charge in [0.1, 0.15) is 0 Å². The number of aromatic nitrogens is 3. The molecule has 0 aliphatic carbocycles. The topological polar surface area (TPSA) is 59.8 Å². The maximum absolute atomic E-state index is 12.7. The summed E-state index contributed by atoms with van der Waals surface area (Å²) in [6, 6.07) is 16.8. The first kappa shape index (κ1) is 21.4. The molecular weight excluding hydrogens is 404 g/mol. The van der Waals surface area contributed by atoms with Crippen LogP contribution in [0.5, 0.6) is 0 Å². The zero-order valence-electron chi connectivity index (χ0n) is 16.8. The van der Waals surface area contributed by atoms with E-state index in [0.29, 0.717) is 5.56 Å². The third kappa shape index (κ3) is 5.40. The molecule has 7 heteroatoms. The fraction of sp³-hybridized carbons (Fsp3) is 0.318. The second-order valence-corrected chi connectivity index (χ2v) is 8.44. The number of nitrogens with zero attached hydrogens (tertiary/aromatic N) is 3. The highest BCUT2D eigenvalue weighted by molar-refractivity contribution is 7.98. The van der Waals surface area contributed by atoms with E-state index in [1.807, 2.05) is 54.6 Å². The lowest BCUT2D eigenvalue weighted by molar-refractivity contribution is 0.0922. The van der Waals surface area contributed by atoms with Crippen molar-refractivity contribution in [2.24, 2.45) is 5.92 Å². The minimum absolute atomic E-state index is 0.106. The molecule has 0 bridgehead atoms. The van der Waals surface area contributed by atoms with Crippen LogP contribution >= 0.6 is 23.4 Å². The number of nitrogens with one attached hydrogen (secondary N) is 1. The Morgan fingerprint density at radius 3 is 2.41 bits per heavy atom. The third-order valence-corrected chi connectivity index (χ3v) is 5.90. The number of hydrogen-bond donors (Lipinski definition) is 1. The Labute approximate surface area is 180 Å². The Bertz CT molecular complexity index is 941. The predicted octanol–water partition coefficient (Wildman–Crippen LogP) is 5.37. The zero-order valence-corrected chi connectivity index (χ0v) is 18.4. The number of carbonyl (C=O) groups excluding carboxylic acids is 1. The summed E-state index contributed by atoms with van der Waals surface area (Å²) in [7, 11) is 0. The van der Waals surface area contributed by atoms with Gasteiger partial charge in [0.2, 0.25) is 0 Å². The molecule has 0 saturated heterocycles. The van der Waals surface area contributed by atoms with E-state index in [9.17, 15) is 4.79 Å². The summed E-state index contributed by atoms with van der Waals surface area (Å²) < 4.78 is 2.08. The van der Waals surface area contributed by atoms with Crippen LogP contribution in [-0.4, -0.2) is 20.7 Å². The predicted molar refractivity (Wildman–Crippen MR) is 118 cm³/mol. The zero-order chi connectivity index (χ0) is 20.8. The monoisotopic (exact) mass is 428 g/mol. The number of thioether (sulfide) groups is 1. The smallest absolute Gasteiger partial charge is 0.251 e. The lowest BCUT2D eigenvalue weighted by Crippen LogP contribution is -2.33. The molecule has 5 nitrogen and oxygen atoms in total. The van der Waals surface area contributed by atoms with Crippen molar-refractivity contribution in [1.29, 1.82) is 0 Å². The fourth-order valence-electron chi connectivity index (χ4n) is 3.01. The van der Waals surface area contributed by atoms with E-state index in [0.717, 1.165) is 28.3 Å². The van der Waals surface area contributed by atoms with Crippen molar-refractivity contribution >= 4 is 29.3 Å². The molecule has 0 saturated carbocycles. The Kier molecular flexibility index (Phi) is 7.34. The van der Waals surface area contributed by atoms with Gasteiger partial charge >= 0.3 is 0 Å². The molecule has 3 aromatic rings. The lowest BCUT2D eigenvalue weighted by Gasteiger charge is -2.22. The van der Waals surface area contributed by atoms with Gasteiger partial charge in [0.15, 0.2) is 11.0 Å². The van der Waals surface area contributed by atoms with Crippen LogP contribution in [0.4, 0.5) is 0 Å². The van der Waals surface area contributed by atoms with Crippen molar-refractivity contribution in [3.63, 3.8) is 0 Å². The molecule has 0 spiro atoms. The molecule has 0 radical (unpaired) electrons. The Hall–Kier alpha value is -2.31. The van der Waals surface area contributed by atoms with Gasteiger partial charge in [0, 0.05) is 22.9 Å². The van der Waals surface area contributed by atoms with E-state index in [2.05, 4.69) is 40.9 Å². The first-order chi connectivity index (χ1) is 14.0. The van der Waals surface area contributed by atoms with Crippen LogP contribution in [0.25, 0.3) is 0 Å². The molecule has 1 amide bonds. The average molecular weight is 429 g/mol. The molecule has 0 aliphatic heterocycles. The van der Waals surface area contributed by atoms with Crippen LogP contribution < -0.4 is 5.32 Å². The van der Waals surface area contributed by atoms with E-state index in [1.165, 1.54) is 5.56 Å². The van der Waals surface area contributed by atoms with Crippen molar-refractivity contribution in [3.05, 3.63) is 76.6 Å². The number of amides is 1. The molecule has 0 aliphatic rings. The van der Waals surface area contributed by atoms with E-state index < -0.39 is 0 Å². The minimum Gasteiger partial charge on any atom is -0.342 e. The normalized spacial score (nSPS) is 12.2. The standard InChI is InChI=1S/C22H25ClN4OS/c1-4-27-20(19(15(2)3)24-21(28)17-8-6-5-7-9-17)25-26-22(27)29-14-16-10-12-18(23)13-11-16/h5-13,15,19H,4,14H2,1-3H3,(H,24,28). The molecule has 2 aromatic carbocycles. The Morgan fingerprint density at radius 1 is 1.10 bits per heavy atom. The van der Waals surface area contributed by atoms with Crippen LogP contribution in [0.1, 0.15) is 48.6 Å². The van der Waals surface area contributed by atoms with E-state index in [1.54, 1.807) is 11.8 Å². The summed E-state index contributed by atoms with van der Waals surface area (Å²) in [4.78, 5) is 12.7. The molecule has 1 heterocycles. The third-order valence-electron chi connectivity index (χ3n) is 4.61. The highest BCUT2D eigenvalue weighted by Gasteiger charge is 2.26. The van der Waals surface area contributed by atoms with Gasteiger partial charge in [0.25, 0.3) is 5.91 Å². The number of rotatable bonds is 8. The number of hydrogen-bond acceptors (Lipinski definition) is 4. The Balaban J connectivity index is 1.78. The largest absolute Gasteiger partial charge is 0.342 e. The molecular formula is C22H25ClN4OS. The van der Waals surface area contributed by atoms with Crippen molar-refractivity contribution < 1.29 is 4.79 Å². The summed E-state index contributed by atoms with van der Waals surface area (Å²) >= 11 is 7.59. The van der Waals surface area contributed by atoms with Crippen molar-refractivity contribution in [2.75, 3.05) is 0 Å². The maximum atomic E-state index is 12.7. The molecule has 0 fully saturated rings. The van der Waals surface area contributed by atoms with E-state index in [-0.39, 0.29) is 17.9 Å². The van der Waals surface area contributed by atoms with Gasteiger partial charge in [-0.05, 0) is 42.7 Å².